The van der Waals surface area contributed by atoms with E-state index in [4.69, 9.17) is 5.11 Å². The molecule has 0 spiro atoms. The topological polar surface area (TPSA) is 57.6 Å². The summed E-state index contributed by atoms with van der Waals surface area (Å²) < 4.78 is 0. The van der Waals surface area contributed by atoms with Crippen molar-refractivity contribution in [1.82, 2.24) is 4.90 Å². The molecule has 1 aromatic rings. The third-order valence-electron chi connectivity index (χ3n) is 4.23. The Morgan fingerprint density at radius 3 is 2.05 bits per heavy atom. The first kappa shape index (κ1) is 14.6. The molecule has 2 rings (SSSR count). The Balaban J connectivity index is 2.04. The molecule has 108 valence electrons. The van der Waals surface area contributed by atoms with Crippen LogP contribution in [0.2, 0.25) is 0 Å². The van der Waals surface area contributed by atoms with Gasteiger partial charge >= 0.3 is 5.97 Å². The van der Waals surface area contributed by atoms with Gasteiger partial charge in [0.05, 0.1) is 5.56 Å². The molecule has 0 atom stereocenters. The fourth-order valence-corrected chi connectivity index (χ4v) is 2.75. The molecule has 0 aliphatic heterocycles. The van der Waals surface area contributed by atoms with Crippen molar-refractivity contribution in [3.63, 3.8) is 0 Å². The Kier molecular flexibility index (Phi) is 4.42. The second-order valence-corrected chi connectivity index (χ2v) is 5.71. The molecule has 0 unspecified atom stereocenters. The fourth-order valence-electron chi connectivity index (χ4n) is 2.75. The summed E-state index contributed by atoms with van der Waals surface area (Å²) in [5.41, 5.74) is 0.756. The van der Waals surface area contributed by atoms with Crippen molar-refractivity contribution < 1.29 is 14.7 Å². The lowest BCUT2D eigenvalue weighted by atomic mass is 9.86. The zero-order valence-corrected chi connectivity index (χ0v) is 12.0. The number of carbonyl (C=O) groups excluding carboxylic acids is 1. The summed E-state index contributed by atoms with van der Waals surface area (Å²) in [5.74, 6) is -0.246. The van der Waals surface area contributed by atoms with E-state index in [0.29, 0.717) is 11.6 Å². The highest BCUT2D eigenvalue weighted by Gasteiger charge is 2.25. The number of benzene rings is 1. The van der Waals surface area contributed by atoms with Gasteiger partial charge in [0.25, 0.3) is 5.91 Å². The van der Waals surface area contributed by atoms with Gasteiger partial charge in [0.15, 0.2) is 0 Å². The van der Waals surface area contributed by atoms with Gasteiger partial charge in [-0.3, -0.25) is 4.79 Å². The number of hydrogen-bond acceptors (Lipinski definition) is 2. The van der Waals surface area contributed by atoms with Crippen LogP contribution in [-0.4, -0.2) is 35.0 Å². The highest BCUT2D eigenvalue weighted by molar-refractivity contribution is 5.95. The van der Waals surface area contributed by atoms with E-state index < -0.39 is 5.97 Å². The molecule has 1 aliphatic rings. The molecule has 1 saturated carbocycles. The highest BCUT2D eigenvalue weighted by atomic mass is 16.4. The normalized spacial score (nSPS) is 22.3. The minimum atomic E-state index is -0.973. The quantitative estimate of drug-likeness (QED) is 0.922. The van der Waals surface area contributed by atoms with E-state index in [9.17, 15) is 9.59 Å². The summed E-state index contributed by atoms with van der Waals surface area (Å²) in [4.78, 5) is 25.0. The van der Waals surface area contributed by atoms with E-state index in [1.54, 1.807) is 12.1 Å². The predicted octanol–water partition coefficient (Wildman–Crippen LogP) is 3.04. The van der Waals surface area contributed by atoms with Gasteiger partial charge in [0.1, 0.15) is 0 Å². The van der Waals surface area contributed by atoms with Gasteiger partial charge in [-0.15, -0.1) is 0 Å². The van der Waals surface area contributed by atoms with Gasteiger partial charge in [-0.05, 0) is 55.9 Å². The molecular weight excluding hydrogens is 254 g/mol. The third kappa shape index (κ3) is 3.18. The number of carboxylic acids is 1. The number of nitrogens with zero attached hydrogens (tertiary/aromatic N) is 1. The van der Waals surface area contributed by atoms with Crippen LogP contribution < -0.4 is 0 Å². The van der Waals surface area contributed by atoms with Crippen LogP contribution in [0.3, 0.4) is 0 Å². The molecular formula is C16H21NO3. The minimum absolute atomic E-state index is 0.0264. The second kappa shape index (κ2) is 6.07. The molecule has 0 bridgehead atoms. The molecule has 4 heteroatoms. The maximum atomic E-state index is 12.4. The standard InChI is InChI=1S/C16H21NO3/c1-11-3-9-14(10-4-11)17(2)15(18)12-5-7-13(8-6-12)16(19)20/h5-8,11,14H,3-4,9-10H2,1-2H3,(H,19,20). The van der Waals surface area contributed by atoms with Gasteiger partial charge in [-0.2, -0.15) is 0 Å². The lowest BCUT2D eigenvalue weighted by Gasteiger charge is -2.33. The van der Waals surface area contributed by atoms with E-state index in [0.717, 1.165) is 18.8 Å². The Morgan fingerprint density at radius 2 is 1.55 bits per heavy atom. The van der Waals surface area contributed by atoms with Crippen molar-refractivity contribution in [2.24, 2.45) is 5.92 Å². The van der Waals surface area contributed by atoms with Crippen molar-refractivity contribution >= 4 is 11.9 Å². The van der Waals surface area contributed by atoms with Crippen LogP contribution in [0.25, 0.3) is 0 Å². The Labute approximate surface area is 119 Å². The maximum absolute atomic E-state index is 12.4. The molecule has 4 nitrogen and oxygen atoms in total. The van der Waals surface area contributed by atoms with E-state index in [1.165, 1.54) is 25.0 Å². The SMILES string of the molecule is CC1CCC(N(C)C(=O)c2ccc(C(=O)O)cc2)CC1. The van der Waals surface area contributed by atoms with Crippen LogP contribution in [-0.2, 0) is 0 Å². The minimum Gasteiger partial charge on any atom is -0.478 e. The Hall–Kier alpha value is -1.84. The van der Waals surface area contributed by atoms with Crippen LogP contribution in [0.1, 0.15) is 53.3 Å². The van der Waals surface area contributed by atoms with E-state index >= 15 is 0 Å². The zero-order valence-electron chi connectivity index (χ0n) is 12.0. The number of hydrogen-bond donors (Lipinski definition) is 1. The summed E-state index contributed by atoms with van der Waals surface area (Å²) in [6, 6.07) is 6.44. The number of carboxylic acid groups (broad SMARTS) is 1. The molecule has 0 aromatic heterocycles. The Bertz CT molecular complexity index is 487. The average Bonchev–Trinajstić information content (AvgIpc) is 2.46. The summed E-state index contributed by atoms with van der Waals surface area (Å²) in [5, 5.41) is 8.86. The van der Waals surface area contributed by atoms with Gasteiger partial charge in [0, 0.05) is 18.7 Å². The average molecular weight is 275 g/mol. The summed E-state index contributed by atoms with van der Waals surface area (Å²) >= 11 is 0. The maximum Gasteiger partial charge on any atom is 0.335 e. The molecule has 0 saturated heterocycles. The monoisotopic (exact) mass is 275 g/mol. The van der Waals surface area contributed by atoms with Crippen molar-refractivity contribution in [1.29, 1.82) is 0 Å². The fraction of sp³-hybridized carbons (Fsp3) is 0.500. The molecule has 0 heterocycles. The third-order valence-corrected chi connectivity index (χ3v) is 4.23. The lowest BCUT2D eigenvalue weighted by molar-refractivity contribution is 0.0672. The van der Waals surface area contributed by atoms with Crippen molar-refractivity contribution in [3.05, 3.63) is 35.4 Å². The summed E-state index contributed by atoms with van der Waals surface area (Å²) in [6.07, 6.45) is 4.44. The number of amides is 1. The smallest absolute Gasteiger partial charge is 0.335 e. The van der Waals surface area contributed by atoms with Crippen molar-refractivity contribution in [3.8, 4) is 0 Å². The van der Waals surface area contributed by atoms with Crippen LogP contribution in [0.4, 0.5) is 0 Å². The zero-order chi connectivity index (χ0) is 14.7. The van der Waals surface area contributed by atoms with Crippen LogP contribution in [0, 0.1) is 5.92 Å². The highest BCUT2D eigenvalue weighted by Crippen LogP contribution is 2.27. The first-order chi connectivity index (χ1) is 9.49. The van der Waals surface area contributed by atoms with E-state index in [1.807, 2.05) is 11.9 Å². The van der Waals surface area contributed by atoms with Gasteiger partial charge in [0.2, 0.25) is 0 Å². The molecule has 1 aromatic carbocycles. The number of carbonyl (C=O) groups is 2. The van der Waals surface area contributed by atoms with E-state index in [2.05, 4.69) is 6.92 Å². The molecule has 20 heavy (non-hydrogen) atoms. The Morgan fingerprint density at radius 1 is 1.05 bits per heavy atom. The first-order valence-corrected chi connectivity index (χ1v) is 7.09. The largest absolute Gasteiger partial charge is 0.478 e. The molecule has 1 aliphatic carbocycles. The first-order valence-electron chi connectivity index (χ1n) is 7.09. The predicted molar refractivity (Wildman–Crippen MR) is 76.9 cm³/mol. The van der Waals surface area contributed by atoms with Crippen LogP contribution in [0.15, 0.2) is 24.3 Å². The lowest BCUT2D eigenvalue weighted by Crippen LogP contribution is -2.39. The van der Waals surface area contributed by atoms with Crippen molar-refractivity contribution in [2.45, 2.75) is 38.6 Å². The van der Waals surface area contributed by atoms with Gasteiger partial charge in [-0.25, -0.2) is 4.79 Å². The van der Waals surface area contributed by atoms with Gasteiger partial charge in [-0.1, -0.05) is 6.92 Å². The summed E-state index contributed by atoms with van der Waals surface area (Å²) in [7, 11) is 1.84. The van der Waals surface area contributed by atoms with Crippen molar-refractivity contribution in [2.75, 3.05) is 7.05 Å². The van der Waals surface area contributed by atoms with E-state index in [-0.39, 0.29) is 11.5 Å². The molecule has 0 radical (unpaired) electrons. The molecule has 1 N–H and O–H groups in total. The van der Waals surface area contributed by atoms with Crippen LogP contribution in [0.5, 0.6) is 0 Å². The molecule has 1 amide bonds. The number of aromatic carboxylic acids is 1. The summed E-state index contributed by atoms with van der Waals surface area (Å²) in [6.45, 7) is 2.25. The number of rotatable bonds is 3. The molecule has 1 fully saturated rings. The van der Waals surface area contributed by atoms with Gasteiger partial charge < -0.3 is 10.0 Å². The van der Waals surface area contributed by atoms with Crippen LogP contribution >= 0.6 is 0 Å². The second-order valence-electron chi connectivity index (χ2n) is 5.71.